The van der Waals surface area contributed by atoms with Crippen LogP contribution < -0.4 is 0 Å². The van der Waals surface area contributed by atoms with Gasteiger partial charge >= 0.3 is 0 Å². The summed E-state index contributed by atoms with van der Waals surface area (Å²) in [6.45, 7) is 0. The first-order valence-electron chi connectivity index (χ1n) is 21.5. The molecule has 0 N–H and O–H groups in total. The number of rotatable bonds is 5. The molecule has 2 heterocycles. The maximum absolute atomic E-state index is 9.63. The number of hydrogen-bond donors (Lipinski definition) is 0. The fourth-order valence-electron chi connectivity index (χ4n) is 10.3. The Balaban J connectivity index is 0.881. The van der Waals surface area contributed by atoms with E-state index >= 15 is 0 Å². The molecule has 2 aromatic heterocycles. The number of nitrogens with zero attached hydrogens (tertiary/aromatic N) is 4. The molecule has 0 saturated carbocycles. The van der Waals surface area contributed by atoms with Crippen molar-refractivity contribution in [3.63, 3.8) is 0 Å². The molecule has 0 radical (unpaired) electrons. The zero-order valence-electron chi connectivity index (χ0n) is 34.3. The predicted octanol–water partition coefficient (Wildman–Crippen LogP) is 14.8. The van der Waals surface area contributed by atoms with E-state index in [9.17, 15) is 5.26 Å². The molecule has 0 aliphatic heterocycles. The average molecular weight is 831 g/mol. The third-order valence-corrected chi connectivity index (χ3v) is 14.3. The second-order valence-corrected chi connectivity index (χ2v) is 17.7. The Morgan fingerprint density at radius 2 is 0.797 bits per heavy atom. The highest BCUT2D eigenvalue weighted by atomic mass is 32.1. The molecule has 11 aromatic rings. The summed E-state index contributed by atoms with van der Waals surface area (Å²) in [6.07, 6.45) is 0. The lowest BCUT2D eigenvalue weighted by Crippen LogP contribution is -2.25. The Labute approximate surface area is 374 Å². The predicted molar refractivity (Wildman–Crippen MR) is 261 cm³/mol. The van der Waals surface area contributed by atoms with E-state index in [4.69, 9.17) is 15.0 Å². The summed E-state index contributed by atoms with van der Waals surface area (Å²) in [4.78, 5) is 15.2. The molecule has 5 heteroatoms. The summed E-state index contributed by atoms with van der Waals surface area (Å²) < 4.78 is 2.30. The number of nitriles is 1. The molecule has 0 fully saturated rings. The molecule has 9 aromatic carbocycles. The largest absolute Gasteiger partial charge is 0.208 e. The van der Waals surface area contributed by atoms with Crippen LogP contribution in [0.2, 0.25) is 0 Å². The number of fused-ring (bicyclic) bond motifs is 13. The molecular weight excluding hydrogens is 797 g/mol. The van der Waals surface area contributed by atoms with Crippen LogP contribution in [0.5, 0.6) is 0 Å². The van der Waals surface area contributed by atoms with Crippen LogP contribution in [0.15, 0.2) is 206 Å². The minimum absolute atomic E-state index is 0.377. The van der Waals surface area contributed by atoms with Crippen molar-refractivity contribution in [1.29, 1.82) is 5.26 Å². The molecule has 1 spiro atoms. The minimum Gasteiger partial charge on any atom is -0.208 e. The van der Waals surface area contributed by atoms with Crippen LogP contribution in [-0.4, -0.2) is 15.0 Å². The van der Waals surface area contributed by atoms with Crippen molar-refractivity contribution in [2.45, 2.75) is 5.41 Å². The van der Waals surface area contributed by atoms with Crippen molar-refractivity contribution >= 4 is 31.5 Å². The molecule has 0 bridgehead atoms. The number of aromatic nitrogens is 3. The lowest BCUT2D eigenvalue weighted by atomic mass is 9.70. The van der Waals surface area contributed by atoms with E-state index in [1.807, 2.05) is 48.5 Å². The van der Waals surface area contributed by atoms with Crippen LogP contribution in [0, 0.1) is 11.3 Å². The molecule has 64 heavy (non-hydrogen) atoms. The van der Waals surface area contributed by atoms with E-state index < -0.39 is 0 Å². The van der Waals surface area contributed by atoms with Gasteiger partial charge < -0.3 is 0 Å². The number of benzene rings is 9. The maximum atomic E-state index is 9.63. The summed E-state index contributed by atoms with van der Waals surface area (Å²) in [5, 5.41) is 11.8. The molecule has 0 amide bonds. The molecule has 13 rings (SSSR count). The normalized spacial score (nSPS) is 12.8. The Morgan fingerprint density at radius 3 is 1.42 bits per heavy atom. The molecule has 0 saturated heterocycles. The Bertz CT molecular complexity index is 3680. The van der Waals surface area contributed by atoms with Crippen LogP contribution in [0.4, 0.5) is 0 Å². The fraction of sp³-hybridized carbons (Fsp3) is 0.0169. The summed E-state index contributed by atoms with van der Waals surface area (Å²) in [5.74, 6) is 1.81. The second-order valence-electron chi connectivity index (χ2n) is 16.6. The van der Waals surface area contributed by atoms with Crippen molar-refractivity contribution in [3.8, 4) is 84.7 Å². The van der Waals surface area contributed by atoms with Gasteiger partial charge in [-0.2, -0.15) is 5.26 Å². The van der Waals surface area contributed by atoms with Gasteiger partial charge in [-0.05, 0) is 115 Å². The molecule has 0 atom stereocenters. The van der Waals surface area contributed by atoms with Gasteiger partial charge in [-0.25, -0.2) is 15.0 Å². The summed E-state index contributed by atoms with van der Waals surface area (Å²) in [7, 11) is 0. The van der Waals surface area contributed by atoms with Gasteiger partial charge in [-0.1, -0.05) is 158 Å². The van der Waals surface area contributed by atoms with Crippen molar-refractivity contribution in [1.82, 2.24) is 15.0 Å². The van der Waals surface area contributed by atoms with Crippen LogP contribution >= 0.6 is 11.3 Å². The number of hydrogen-bond acceptors (Lipinski definition) is 5. The molecule has 4 nitrogen and oxygen atoms in total. The molecule has 2 aliphatic carbocycles. The van der Waals surface area contributed by atoms with Gasteiger partial charge in [0.1, 0.15) is 0 Å². The van der Waals surface area contributed by atoms with E-state index in [0.717, 1.165) is 48.0 Å². The van der Waals surface area contributed by atoms with Gasteiger partial charge in [0, 0.05) is 36.9 Å². The first-order valence-corrected chi connectivity index (χ1v) is 22.3. The molecule has 0 unspecified atom stereocenters. The second kappa shape index (κ2) is 14.1. The Hall–Kier alpha value is -8.30. The van der Waals surface area contributed by atoms with Gasteiger partial charge in [0.25, 0.3) is 0 Å². The first kappa shape index (κ1) is 36.4. The summed E-state index contributed by atoms with van der Waals surface area (Å²) in [5.41, 5.74) is 18.1. The van der Waals surface area contributed by atoms with E-state index in [0.29, 0.717) is 23.0 Å². The van der Waals surface area contributed by atoms with Gasteiger partial charge in [0.05, 0.1) is 17.0 Å². The summed E-state index contributed by atoms with van der Waals surface area (Å²) in [6, 6.07) is 75.9. The Morgan fingerprint density at radius 1 is 0.344 bits per heavy atom. The fourth-order valence-corrected chi connectivity index (χ4v) is 11.4. The van der Waals surface area contributed by atoms with Gasteiger partial charge in [-0.15, -0.1) is 11.3 Å². The molecule has 2 aliphatic rings. The average Bonchev–Trinajstić information content (AvgIpc) is 4.00. The van der Waals surface area contributed by atoms with Crippen LogP contribution in [0.25, 0.3) is 98.8 Å². The third-order valence-electron chi connectivity index (χ3n) is 13.2. The van der Waals surface area contributed by atoms with Gasteiger partial charge in [-0.3, -0.25) is 0 Å². The first-order chi connectivity index (χ1) is 31.6. The standard InChI is InChI=1S/C59H34N4S/c60-35-36-21-29-54-48(31-36)49-33-43(27-30-55(49)64-54)58-62-56(39-11-2-1-3-12-39)61-57(63-58)42-14-10-13-40(32-42)37-22-24-38(25-23-37)41-26-28-47-46-17-6-9-20-52(46)59(53(47)34-41)50-18-7-4-15-44(50)45-16-5-8-19-51(45)59/h1-34H. The van der Waals surface area contributed by atoms with Crippen LogP contribution in [0.1, 0.15) is 27.8 Å². The van der Waals surface area contributed by atoms with Crippen molar-refractivity contribution in [2.24, 2.45) is 0 Å². The highest BCUT2D eigenvalue weighted by Gasteiger charge is 2.51. The molecular formula is C59H34N4S. The third kappa shape index (κ3) is 5.43. The van der Waals surface area contributed by atoms with Crippen molar-refractivity contribution in [3.05, 3.63) is 234 Å². The van der Waals surface area contributed by atoms with E-state index in [-0.39, 0.29) is 5.41 Å². The van der Waals surface area contributed by atoms with Crippen LogP contribution in [-0.2, 0) is 5.41 Å². The van der Waals surface area contributed by atoms with Crippen LogP contribution in [0.3, 0.4) is 0 Å². The maximum Gasteiger partial charge on any atom is 0.164 e. The van der Waals surface area contributed by atoms with E-state index in [2.05, 4.69) is 164 Å². The highest BCUT2D eigenvalue weighted by Crippen LogP contribution is 2.63. The monoisotopic (exact) mass is 830 g/mol. The van der Waals surface area contributed by atoms with Crippen molar-refractivity contribution in [2.75, 3.05) is 0 Å². The quantitative estimate of drug-likeness (QED) is 0.173. The lowest BCUT2D eigenvalue weighted by Gasteiger charge is -2.30. The summed E-state index contributed by atoms with van der Waals surface area (Å²) >= 11 is 1.72. The SMILES string of the molecule is N#Cc1ccc2sc3ccc(-c4nc(-c5ccccc5)nc(-c5cccc(-c6ccc(-c7ccc8c(c7)C7(c9ccccc9-c9ccccc97)c7ccccc7-8)cc6)c5)n4)cc3c2c1. The van der Waals surface area contributed by atoms with E-state index in [1.165, 1.54) is 55.6 Å². The number of thiophene rings is 1. The topological polar surface area (TPSA) is 62.5 Å². The smallest absolute Gasteiger partial charge is 0.164 e. The van der Waals surface area contributed by atoms with Gasteiger partial charge in [0.2, 0.25) is 0 Å². The minimum atomic E-state index is -0.377. The lowest BCUT2D eigenvalue weighted by molar-refractivity contribution is 0.794. The van der Waals surface area contributed by atoms with Gasteiger partial charge in [0.15, 0.2) is 17.5 Å². The van der Waals surface area contributed by atoms with E-state index in [1.54, 1.807) is 11.3 Å². The zero-order chi connectivity index (χ0) is 42.4. The molecule has 296 valence electrons. The zero-order valence-corrected chi connectivity index (χ0v) is 35.1. The highest BCUT2D eigenvalue weighted by molar-refractivity contribution is 7.25. The van der Waals surface area contributed by atoms with Crippen molar-refractivity contribution < 1.29 is 0 Å². The Kier molecular flexibility index (Phi) is 8.02.